The smallest absolute Gasteiger partial charge is 0.335 e. The highest BCUT2D eigenvalue weighted by molar-refractivity contribution is 5.96. The lowest BCUT2D eigenvalue weighted by Crippen LogP contribution is -2.31. The second-order valence-electron chi connectivity index (χ2n) is 6.07. The molecule has 3 rings (SSSR count). The van der Waals surface area contributed by atoms with E-state index >= 15 is 0 Å². The summed E-state index contributed by atoms with van der Waals surface area (Å²) in [5.41, 5.74) is 0.285. The van der Waals surface area contributed by atoms with Crippen molar-refractivity contribution in [3.8, 4) is 5.69 Å². The van der Waals surface area contributed by atoms with Crippen LogP contribution >= 0.6 is 0 Å². The third kappa shape index (κ3) is 3.84. The molecule has 0 aliphatic rings. The lowest BCUT2D eigenvalue weighted by atomic mass is 10.0. The number of halogens is 3. The van der Waals surface area contributed by atoms with Crippen molar-refractivity contribution < 1.29 is 18.0 Å². The lowest BCUT2D eigenvalue weighted by molar-refractivity contribution is -0.138. The van der Waals surface area contributed by atoms with E-state index in [1.807, 2.05) is 12.1 Å². The summed E-state index contributed by atoms with van der Waals surface area (Å²) in [5, 5.41) is 4.03. The molecule has 140 valence electrons. The maximum Gasteiger partial charge on any atom is 0.417 e. The van der Waals surface area contributed by atoms with Crippen LogP contribution in [-0.4, -0.2) is 32.6 Å². The molecule has 1 unspecified atom stereocenters. The van der Waals surface area contributed by atoms with E-state index in [0.29, 0.717) is 0 Å². The van der Waals surface area contributed by atoms with Gasteiger partial charge in [0.2, 0.25) is 0 Å². The first-order chi connectivity index (χ1) is 12.8. The summed E-state index contributed by atoms with van der Waals surface area (Å²) in [6.45, 7) is 1.76. The zero-order valence-corrected chi connectivity index (χ0v) is 14.7. The average Bonchev–Trinajstić information content (AvgIpc) is 3.20. The van der Waals surface area contributed by atoms with Gasteiger partial charge in [-0.15, -0.1) is 0 Å². The lowest BCUT2D eigenvalue weighted by Gasteiger charge is -2.26. The highest BCUT2D eigenvalue weighted by atomic mass is 19.4. The van der Waals surface area contributed by atoms with Gasteiger partial charge >= 0.3 is 6.18 Å². The summed E-state index contributed by atoms with van der Waals surface area (Å²) in [6, 6.07) is 11.6. The predicted octanol–water partition coefficient (Wildman–Crippen LogP) is 4.12. The van der Waals surface area contributed by atoms with Gasteiger partial charge in [0, 0.05) is 7.05 Å². The van der Waals surface area contributed by atoms with Crippen molar-refractivity contribution >= 4 is 5.91 Å². The molecule has 2 aromatic carbocycles. The minimum absolute atomic E-state index is 0.362. The zero-order valence-electron chi connectivity index (χ0n) is 14.7. The number of nitrogens with zero attached hydrogens (tertiary/aromatic N) is 4. The number of carbonyl (C=O) groups excluding carboxylic acids is 1. The highest BCUT2D eigenvalue weighted by Gasteiger charge is 2.36. The molecule has 1 aromatic heterocycles. The molecule has 3 aromatic rings. The SMILES string of the molecule is CC(c1ccc(-n2cncn2)cc1)N(C)C(=O)c1ccccc1C(F)(F)F. The van der Waals surface area contributed by atoms with E-state index in [1.165, 1.54) is 36.5 Å². The van der Waals surface area contributed by atoms with Crippen molar-refractivity contribution in [2.45, 2.75) is 19.1 Å². The van der Waals surface area contributed by atoms with Gasteiger partial charge in [0.25, 0.3) is 5.91 Å². The first-order valence-corrected chi connectivity index (χ1v) is 8.17. The topological polar surface area (TPSA) is 51.0 Å². The number of alkyl halides is 3. The molecule has 0 saturated carbocycles. The summed E-state index contributed by atoms with van der Waals surface area (Å²) < 4.78 is 41.2. The number of aromatic nitrogens is 3. The van der Waals surface area contributed by atoms with Gasteiger partial charge in [0.15, 0.2) is 0 Å². The van der Waals surface area contributed by atoms with E-state index in [9.17, 15) is 18.0 Å². The van der Waals surface area contributed by atoms with E-state index in [-0.39, 0.29) is 5.56 Å². The molecule has 0 spiro atoms. The maximum atomic E-state index is 13.2. The molecule has 0 aliphatic heterocycles. The molecular formula is C19H17F3N4O. The number of rotatable bonds is 4. The Balaban J connectivity index is 1.83. The molecule has 1 atom stereocenters. The molecule has 0 bridgehead atoms. The van der Waals surface area contributed by atoms with E-state index in [4.69, 9.17) is 0 Å². The fourth-order valence-corrected chi connectivity index (χ4v) is 2.75. The average molecular weight is 374 g/mol. The molecular weight excluding hydrogens is 357 g/mol. The van der Waals surface area contributed by atoms with E-state index in [1.54, 1.807) is 30.1 Å². The van der Waals surface area contributed by atoms with E-state index in [2.05, 4.69) is 10.1 Å². The van der Waals surface area contributed by atoms with Crippen LogP contribution in [0.5, 0.6) is 0 Å². The predicted molar refractivity (Wildman–Crippen MR) is 93.3 cm³/mol. The van der Waals surface area contributed by atoms with Gasteiger partial charge in [-0.2, -0.15) is 18.3 Å². The van der Waals surface area contributed by atoms with E-state index in [0.717, 1.165) is 17.3 Å². The number of carbonyl (C=O) groups is 1. The molecule has 27 heavy (non-hydrogen) atoms. The van der Waals surface area contributed by atoms with E-state index < -0.39 is 23.7 Å². The second kappa shape index (κ2) is 7.22. The first-order valence-electron chi connectivity index (χ1n) is 8.17. The summed E-state index contributed by atoms with van der Waals surface area (Å²) in [5.74, 6) is -0.684. The summed E-state index contributed by atoms with van der Waals surface area (Å²) in [6.07, 6.45) is -1.61. The Bertz CT molecular complexity index is 921. The van der Waals surface area contributed by atoms with Gasteiger partial charge in [-0.3, -0.25) is 4.79 Å². The molecule has 8 heteroatoms. The van der Waals surface area contributed by atoms with Crippen LogP contribution in [0.15, 0.2) is 61.2 Å². The molecule has 1 amide bonds. The van der Waals surface area contributed by atoms with Crippen molar-refractivity contribution in [2.24, 2.45) is 0 Å². The van der Waals surface area contributed by atoms with Crippen LogP contribution in [0.4, 0.5) is 13.2 Å². The Kier molecular flexibility index (Phi) is 4.98. The third-order valence-electron chi connectivity index (χ3n) is 4.42. The van der Waals surface area contributed by atoms with Crippen LogP contribution in [0, 0.1) is 0 Å². The summed E-state index contributed by atoms with van der Waals surface area (Å²) in [4.78, 5) is 17.9. The van der Waals surface area contributed by atoms with Gasteiger partial charge in [-0.05, 0) is 36.8 Å². The van der Waals surface area contributed by atoms with Crippen LogP contribution in [-0.2, 0) is 6.18 Å². The van der Waals surface area contributed by atoms with Gasteiger partial charge in [-0.25, -0.2) is 9.67 Å². The second-order valence-corrected chi connectivity index (χ2v) is 6.07. The highest BCUT2D eigenvalue weighted by Crippen LogP contribution is 2.33. The normalized spacial score (nSPS) is 12.6. The number of amides is 1. The minimum atomic E-state index is -4.59. The molecule has 0 fully saturated rings. The molecule has 0 radical (unpaired) electrons. The van der Waals surface area contributed by atoms with Crippen LogP contribution in [0.1, 0.15) is 34.5 Å². The molecule has 0 aliphatic carbocycles. The summed E-state index contributed by atoms with van der Waals surface area (Å²) in [7, 11) is 1.49. The molecule has 0 N–H and O–H groups in total. The number of hydrogen-bond acceptors (Lipinski definition) is 3. The maximum absolute atomic E-state index is 13.2. The van der Waals surface area contributed by atoms with Crippen molar-refractivity contribution in [2.75, 3.05) is 7.05 Å². The fourth-order valence-electron chi connectivity index (χ4n) is 2.75. The zero-order chi connectivity index (χ0) is 19.6. The van der Waals surface area contributed by atoms with Crippen LogP contribution in [0.2, 0.25) is 0 Å². The van der Waals surface area contributed by atoms with Crippen molar-refractivity contribution in [3.05, 3.63) is 77.9 Å². The van der Waals surface area contributed by atoms with Crippen molar-refractivity contribution in [3.63, 3.8) is 0 Å². The molecule has 1 heterocycles. The van der Waals surface area contributed by atoms with Gasteiger partial charge < -0.3 is 4.90 Å². The van der Waals surface area contributed by atoms with Crippen molar-refractivity contribution in [1.29, 1.82) is 0 Å². The monoisotopic (exact) mass is 374 g/mol. The first kappa shape index (κ1) is 18.6. The largest absolute Gasteiger partial charge is 0.417 e. The fraction of sp³-hybridized carbons (Fsp3) is 0.211. The standard InChI is InChI=1S/C19H17F3N4O/c1-13(14-7-9-15(10-8-14)26-12-23-11-24-26)25(2)18(27)16-5-3-4-6-17(16)19(20,21)22/h3-13H,1-2H3. The third-order valence-corrected chi connectivity index (χ3v) is 4.42. The minimum Gasteiger partial charge on any atom is -0.335 e. The van der Waals surface area contributed by atoms with Crippen molar-refractivity contribution in [1.82, 2.24) is 19.7 Å². The number of hydrogen-bond donors (Lipinski definition) is 0. The number of benzene rings is 2. The van der Waals surface area contributed by atoms with Crippen LogP contribution in [0.25, 0.3) is 5.69 Å². The van der Waals surface area contributed by atoms with Gasteiger partial charge in [0.05, 0.1) is 22.9 Å². The Labute approximate surface area is 154 Å². The Hall–Kier alpha value is -3.16. The van der Waals surface area contributed by atoms with Gasteiger partial charge in [-0.1, -0.05) is 24.3 Å². The summed E-state index contributed by atoms with van der Waals surface area (Å²) >= 11 is 0. The Morgan fingerprint density at radius 1 is 1.11 bits per heavy atom. The van der Waals surface area contributed by atoms with Crippen LogP contribution in [0.3, 0.4) is 0 Å². The molecule has 5 nitrogen and oxygen atoms in total. The Morgan fingerprint density at radius 3 is 2.37 bits per heavy atom. The quantitative estimate of drug-likeness (QED) is 0.690. The van der Waals surface area contributed by atoms with Gasteiger partial charge in [0.1, 0.15) is 12.7 Å². The van der Waals surface area contributed by atoms with Crippen LogP contribution < -0.4 is 0 Å². The molecule has 0 saturated heterocycles. The Morgan fingerprint density at radius 2 is 1.78 bits per heavy atom.